The summed E-state index contributed by atoms with van der Waals surface area (Å²) in [6.07, 6.45) is 1.11. The molecule has 0 heterocycles. The van der Waals surface area contributed by atoms with Crippen molar-refractivity contribution in [3.8, 4) is 0 Å². The maximum atomic E-state index is 13.4. The molecule has 0 aliphatic heterocycles. The molecule has 0 spiro atoms. The minimum absolute atomic E-state index is 0.119. The number of hydrogen-bond acceptors (Lipinski definition) is 2. The fourth-order valence-electron chi connectivity index (χ4n) is 1.83. The maximum absolute atomic E-state index is 13.4. The summed E-state index contributed by atoms with van der Waals surface area (Å²) >= 11 is 0. The van der Waals surface area contributed by atoms with Crippen LogP contribution in [0.3, 0.4) is 0 Å². The zero-order valence-corrected chi connectivity index (χ0v) is 10.9. The van der Waals surface area contributed by atoms with Crippen LogP contribution in [0.5, 0.6) is 0 Å². The van der Waals surface area contributed by atoms with E-state index in [0.29, 0.717) is 11.5 Å². The maximum Gasteiger partial charge on any atom is 0.125 e. The number of aliphatic hydroxyl groups excluding tert-OH is 1. The SMILES string of the molecule is CCC(C)CN(CC)c1cc(F)cc(CO)c1. The second-order valence-electron chi connectivity index (χ2n) is 4.53. The second kappa shape index (κ2) is 6.60. The highest BCUT2D eigenvalue weighted by Crippen LogP contribution is 2.20. The Labute approximate surface area is 103 Å². The quantitative estimate of drug-likeness (QED) is 0.824. The number of hydrogen-bond donors (Lipinski definition) is 1. The molecule has 0 bridgehead atoms. The molecule has 1 aromatic carbocycles. The van der Waals surface area contributed by atoms with Crippen molar-refractivity contribution >= 4 is 5.69 Å². The van der Waals surface area contributed by atoms with Gasteiger partial charge >= 0.3 is 0 Å². The highest BCUT2D eigenvalue weighted by atomic mass is 19.1. The molecule has 0 aromatic heterocycles. The Hall–Kier alpha value is -1.09. The summed E-state index contributed by atoms with van der Waals surface area (Å²) in [7, 11) is 0. The first-order chi connectivity index (χ1) is 8.10. The smallest absolute Gasteiger partial charge is 0.125 e. The molecule has 0 saturated heterocycles. The van der Waals surface area contributed by atoms with E-state index < -0.39 is 0 Å². The van der Waals surface area contributed by atoms with Crippen LogP contribution in [-0.4, -0.2) is 18.2 Å². The minimum atomic E-state index is -0.283. The summed E-state index contributed by atoms with van der Waals surface area (Å²) < 4.78 is 13.4. The molecule has 0 radical (unpaired) electrons. The van der Waals surface area contributed by atoms with Gasteiger partial charge in [0.25, 0.3) is 0 Å². The van der Waals surface area contributed by atoms with Crippen molar-refractivity contribution in [1.29, 1.82) is 0 Å². The van der Waals surface area contributed by atoms with Crippen molar-refractivity contribution in [2.75, 3.05) is 18.0 Å². The van der Waals surface area contributed by atoms with Gasteiger partial charge in [0.2, 0.25) is 0 Å². The van der Waals surface area contributed by atoms with Crippen molar-refractivity contribution in [1.82, 2.24) is 0 Å². The molecule has 0 aliphatic carbocycles. The highest BCUT2D eigenvalue weighted by Gasteiger charge is 2.10. The molecule has 1 rings (SSSR count). The van der Waals surface area contributed by atoms with E-state index in [1.165, 1.54) is 12.1 Å². The van der Waals surface area contributed by atoms with Gasteiger partial charge in [-0.2, -0.15) is 0 Å². The van der Waals surface area contributed by atoms with Gasteiger partial charge in [-0.15, -0.1) is 0 Å². The van der Waals surface area contributed by atoms with E-state index in [4.69, 9.17) is 5.11 Å². The van der Waals surface area contributed by atoms with E-state index in [1.807, 2.05) is 6.07 Å². The fourth-order valence-corrected chi connectivity index (χ4v) is 1.83. The molecule has 0 saturated carbocycles. The van der Waals surface area contributed by atoms with E-state index >= 15 is 0 Å². The average Bonchev–Trinajstić information content (AvgIpc) is 2.34. The van der Waals surface area contributed by atoms with Gasteiger partial charge in [0.1, 0.15) is 5.82 Å². The Morgan fingerprint density at radius 3 is 2.53 bits per heavy atom. The Morgan fingerprint density at radius 1 is 1.29 bits per heavy atom. The topological polar surface area (TPSA) is 23.5 Å². The molecular weight excluding hydrogens is 217 g/mol. The summed E-state index contributed by atoms with van der Waals surface area (Å²) in [5.74, 6) is 0.296. The molecular formula is C14H22FNO. The average molecular weight is 239 g/mol. The number of rotatable bonds is 6. The zero-order chi connectivity index (χ0) is 12.8. The van der Waals surface area contributed by atoms with Gasteiger partial charge in [0.05, 0.1) is 6.61 Å². The third-order valence-corrected chi connectivity index (χ3v) is 3.10. The van der Waals surface area contributed by atoms with Crippen LogP contribution < -0.4 is 4.90 Å². The van der Waals surface area contributed by atoms with Crippen LogP contribution in [0, 0.1) is 11.7 Å². The largest absolute Gasteiger partial charge is 0.392 e. The van der Waals surface area contributed by atoms with E-state index in [2.05, 4.69) is 25.7 Å². The lowest BCUT2D eigenvalue weighted by Gasteiger charge is -2.26. The third kappa shape index (κ3) is 4.00. The molecule has 3 heteroatoms. The van der Waals surface area contributed by atoms with E-state index in [-0.39, 0.29) is 12.4 Å². The van der Waals surface area contributed by atoms with Crippen LogP contribution in [0.25, 0.3) is 0 Å². The summed E-state index contributed by atoms with van der Waals surface area (Å²) in [5, 5.41) is 9.08. The zero-order valence-electron chi connectivity index (χ0n) is 10.9. The fraction of sp³-hybridized carbons (Fsp3) is 0.571. The van der Waals surface area contributed by atoms with Crippen LogP contribution in [-0.2, 0) is 6.61 Å². The highest BCUT2D eigenvalue weighted by molar-refractivity contribution is 5.49. The molecule has 1 aromatic rings. The van der Waals surface area contributed by atoms with Gasteiger partial charge in [0, 0.05) is 18.8 Å². The van der Waals surface area contributed by atoms with E-state index in [1.54, 1.807) is 0 Å². The monoisotopic (exact) mass is 239 g/mol. The molecule has 0 aliphatic rings. The van der Waals surface area contributed by atoms with Gasteiger partial charge < -0.3 is 10.0 Å². The lowest BCUT2D eigenvalue weighted by atomic mass is 10.1. The first-order valence-electron chi connectivity index (χ1n) is 6.25. The van der Waals surface area contributed by atoms with Gasteiger partial charge in [-0.05, 0) is 36.6 Å². The third-order valence-electron chi connectivity index (χ3n) is 3.10. The Balaban J connectivity index is 2.90. The normalized spacial score (nSPS) is 12.5. The van der Waals surface area contributed by atoms with E-state index in [9.17, 15) is 4.39 Å². The van der Waals surface area contributed by atoms with Crippen molar-refractivity contribution in [3.63, 3.8) is 0 Å². The van der Waals surface area contributed by atoms with Crippen LogP contribution in [0.4, 0.5) is 10.1 Å². The van der Waals surface area contributed by atoms with Crippen molar-refractivity contribution in [2.24, 2.45) is 5.92 Å². The van der Waals surface area contributed by atoms with E-state index in [0.717, 1.165) is 25.2 Å². The van der Waals surface area contributed by atoms with Crippen LogP contribution in [0.15, 0.2) is 18.2 Å². The molecule has 0 amide bonds. The van der Waals surface area contributed by atoms with Crippen molar-refractivity contribution < 1.29 is 9.50 Å². The van der Waals surface area contributed by atoms with Gasteiger partial charge in [-0.25, -0.2) is 4.39 Å². The van der Waals surface area contributed by atoms with Crippen molar-refractivity contribution in [2.45, 2.75) is 33.8 Å². The Morgan fingerprint density at radius 2 is 2.00 bits per heavy atom. The predicted octanol–water partition coefficient (Wildman–Crippen LogP) is 3.19. The number of aliphatic hydroxyl groups is 1. The molecule has 96 valence electrons. The standard InChI is InChI=1S/C14H22FNO/c1-4-11(3)9-16(5-2)14-7-12(10-17)6-13(15)8-14/h6-8,11,17H,4-5,9-10H2,1-3H3. The number of benzene rings is 1. The number of anilines is 1. The van der Waals surface area contributed by atoms with Gasteiger partial charge in [0.15, 0.2) is 0 Å². The Kier molecular flexibility index (Phi) is 5.42. The van der Waals surface area contributed by atoms with Crippen LogP contribution in [0.1, 0.15) is 32.8 Å². The predicted molar refractivity (Wildman–Crippen MR) is 69.7 cm³/mol. The molecule has 1 atom stereocenters. The summed E-state index contributed by atoms with van der Waals surface area (Å²) in [5.41, 5.74) is 1.49. The molecule has 2 nitrogen and oxygen atoms in total. The van der Waals surface area contributed by atoms with Crippen LogP contribution in [0.2, 0.25) is 0 Å². The van der Waals surface area contributed by atoms with Gasteiger partial charge in [-0.1, -0.05) is 20.3 Å². The first-order valence-corrected chi connectivity index (χ1v) is 6.25. The summed E-state index contributed by atoms with van der Waals surface area (Å²) in [4.78, 5) is 2.15. The summed E-state index contributed by atoms with van der Waals surface area (Å²) in [6, 6.07) is 4.76. The minimum Gasteiger partial charge on any atom is -0.392 e. The molecule has 17 heavy (non-hydrogen) atoms. The molecule has 1 N–H and O–H groups in total. The number of halogens is 1. The Bertz CT molecular complexity index is 354. The molecule has 1 unspecified atom stereocenters. The van der Waals surface area contributed by atoms with Crippen LogP contribution >= 0.6 is 0 Å². The lowest BCUT2D eigenvalue weighted by Crippen LogP contribution is -2.28. The first kappa shape index (κ1) is 14.0. The summed E-state index contributed by atoms with van der Waals surface area (Å²) in [6.45, 7) is 8.05. The molecule has 0 fully saturated rings. The lowest BCUT2D eigenvalue weighted by molar-refractivity contribution is 0.281. The van der Waals surface area contributed by atoms with Gasteiger partial charge in [-0.3, -0.25) is 0 Å². The second-order valence-corrected chi connectivity index (χ2v) is 4.53. The van der Waals surface area contributed by atoms with Crippen molar-refractivity contribution in [3.05, 3.63) is 29.6 Å². The number of nitrogens with zero attached hydrogens (tertiary/aromatic N) is 1.